The van der Waals surface area contributed by atoms with Gasteiger partial charge >= 0.3 is 11.9 Å². The lowest BCUT2D eigenvalue weighted by Crippen LogP contribution is -2.12. The summed E-state index contributed by atoms with van der Waals surface area (Å²) >= 11 is 0. The molecular formula is C23H36O4. The monoisotopic (exact) mass is 376 g/mol. The van der Waals surface area contributed by atoms with Crippen LogP contribution in [0.4, 0.5) is 0 Å². The summed E-state index contributed by atoms with van der Waals surface area (Å²) in [6.07, 6.45) is 10.7. The van der Waals surface area contributed by atoms with Gasteiger partial charge in [0.2, 0.25) is 0 Å². The largest absolute Gasteiger partial charge is 0.462 e. The van der Waals surface area contributed by atoms with E-state index in [1.165, 1.54) is 38.5 Å². The summed E-state index contributed by atoms with van der Waals surface area (Å²) in [4.78, 5) is 24.0. The number of rotatable bonds is 14. The molecule has 0 radical (unpaired) electrons. The maximum absolute atomic E-state index is 12.0. The first-order valence-corrected chi connectivity index (χ1v) is 10.5. The molecule has 1 aromatic carbocycles. The van der Waals surface area contributed by atoms with Crippen LogP contribution in [0.5, 0.6) is 0 Å². The number of carbonyl (C=O) groups is 2. The van der Waals surface area contributed by atoms with Crippen molar-refractivity contribution < 1.29 is 19.1 Å². The van der Waals surface area contributed by atoms with E-state index in [0.29, 0.717) is 30.3 Å². The van der Waals surface area contributed by atoms with Crippen molar-refractivity contribution in [1.29, 1.82) is 0 Å². The summed E-state index contributed by atoms with van der Waals surface area (Å²) in [5.74, 6) is -0.342. The smallest absolute Gasteiger partial charge is 0.338 e. The molecule has 0 aromatic heterocycles. The molecule has 0 spiro atoms. The van der Waals surface area contributed by atoms with Crippen LogP contribution in [0.1, 0.15) is 99.3 Å². The van der Waals surface area contributed by atoms with E-state index in [4.69, 9.17) is 9.47 Å². The van der Waals surface area contributed by atoms with Gasteiger partial charge in [0.05, 0.1) is 24.3 Å². The molecule has 1 unspecified atom stereocenters. The third-order valence-electron chi connectivity index (χ3n) is 4.78. The molecule has 0 amide bonds. The van der Waals surface area contributed by atoms with Crippen LogP contribution in [0, 0.1) is 5.92 Å². The van der Waals surface area contributed by atoms with Gasteiger partial charge in [-0.15, -0.1) is 0 Å². The predicted molar refractivity (Wildman–Crippen MR) is 109 cm³/mol. The van der Waals surface area contributed by atoms with E-state index >= 15 is 0 Å². The zero-order valence-electron chi connectivity index (χ0n) is 17.3. The Bertz CT molecular complexity index is 536. The number of benzene rings is 1. The maximum atomic E-state index is 12.0. The molecule has 0 saturated heterocycles. The Morgan fingerprint density at radius 1 is 0.778 bits per heavy atom. The quantitative estimate of drug-likeness (QED) is 0.287. The van der Waals surface area contributed by atoms with Gasteiger partial charge in [-0.2, -0.15) is 0 Å². The lowest BCUT2D eigenvalue weighted by Gasteiger charge is -2.10. The molecule has 0 N–H and O–H groups in total. The molecule has 0 aliphatic carbocycles. The Morgan fingerprint density at radius 3 is 1.78 bits per heavy atom. The number of hydrogen-bond acceptors (Lipinski definition) is 4. The van der Waals surface area contributed by atoms with Crippen LogP contribution < -0.4 is 0 Å². The molecule has 0 aliphatic rings. The van der Waals surface area contributed by atoms with E-state index in [9.17, 15) is 9.59 Å². The fourth-order valence-electron chi connectivity index (χ4n) is 2.65. The summed E-state index contributed by atoms with van der Waals surface area (Å²) in [6.45, 7) is 7.19. The second kappa shape index (κ2) is 14.2. The first-order valence-electron chi connectivity index (χ1n) is 10.5. The van der Waals surface area contributed by atoms with E-state index in [-0.39, 0.29) is 11.9 Å². The lowest BCUT2D eigenvalue weighted by molar-refractivity contribution is 0.0443. The molecule has 1 rings (SSSR count). The average molecular weight is 377 g/mol. The van der Waals surface area contributed by atoms with Gasteiger partial charge in [-0.3, -0.25) is 0 Å². The van der Waals surface area contributed by atoms with Crippen LogP contribution in [-0.2, 0) is 9.47 Å². The minimum absolute atomic E-state index is 0.336. The summed E-state index contributed by atoms with van der Waals surface area (Å²) in [6, 6.07) is 6.48. The van der Waals surface area contributed by atoms with Gasteiger partial charge < -0.3 is 9.47 Å². The minimum Gasteiger partial charge on any atom is -0.462 e. The van der Waals surface area contributed by atoms with E-state index in [1.54, 1.807) is 24.3 Å². The van der Waals surface area contributed by atoms with Gasteiger partial charge in [0.25, 0.3) is 0 Å². The Hall–Kier alpha value is -1.84. The van der Waals surface area contributed by atoms with Gasteiger partial charge in [0, 0.05) is 0 Å². The highest BCUT2D eigenvalue weighted by Crippen LogP contribution is 2.11. The van der Waals surface area contributed by atoms with Crippen LogP contribution in [0.3, 0.4) is 0 Å². The fourth-order valence-corrected chi connectivity index (χ4v) is 2.65. The van der Waals surface area contributed by atoms with E-state index in [2.05, 4.69) is 13.8 Å². The number of hydrogen-bond donors (Lipinski definition) is 0. The standard InChI is InChI=1S/C23H36O4/c1-4-6-7-8-9-10-11-12-17-26-22(24)20-13-15-21(16-14-20)23(25)27-18-19(3)5-2/h13-16,19H,4-12,17-18H2,1-3H3. The molecule has 1 atom stereocenters. The highest BCUT2D eigenvalue weighted by Gasteiger charge is 2.12. The molecular weight excluding hydrogens is 340 g/mol. The zero-order chi connectivity index (χ0) is 19.9. The van der Waals surface area contributed by atoms with Crippen LogP contribution in [0.2, 0.25) is 0 Å². The molecule has 4 heteroatoms. The Balaban J connectivity index is 2.23. The van der Waals surface area contributed by atoms with Gasteiger partial charge in [0.15, 0.2) is 0 Å². The lowest BCUT2D eigenvalue weighted by atomic mass is 10.1. The van der Waals surface area contributed by atoms with Crippen molar-refractivity contribution in [2.75, 3.05) is 13.2 Å². The SMILES string of the molecule is CCCCCCCCCCOC(=O)c1ccc(C(=O)OCC(C)CC)cc1. The second-order valence-electron chi connectivity index (χ2n) is 7.30. The van der Waals surface area contributed by atoms with Gasteiger partial charge in [-0.1, -0.05) is 72.1 Å². The van der Waals surface area contributed by atoms with Crippen molar-refractivity contribution >= 4 is 11.9 Å². The zero-order valence-corrected chi connectivity index (χ0v) is 17.3. The van der Waals surface area contributed by atoms with E-state index in [1.807, 2.05) is 6.92 Å². The van der Waals surface area contributed by atoms with Gasteiger partial charge in [0.1, 0.15) is 0 Å². The second-order valence-corrected chi connectivity index (χ2v) is 7.30. The molecule has 4 nitrogen and oxygen atoms in total. The molecule has 0 fully saturated rings. The van der Waals surface area contributed by atoms with Crippen molar-refractivity contribution in [3.63, 3.8) is 0 Å². The number of unbranched alkanes of at least 4 members (excludes halogenated alkanes) is 7. The highest BCUT2D eigenvalue weighted by atomic mass is 16.5. The topological polar surface area (TPSA) is 52.6 Å². The summed E-state index contributed by atoms with van der Waals surface area (Å²) in [5, 5.41) is 0. The van der Waals surface area contributed by atoms with Crippen LogP contribution in [-0.4, -0.2) is 25.2 Å². The van der Waals surface area contributed by atoms with Crippen LogP contribution >= 0.6 is 0 Å². The highest BCUT2D eigenvalue weighted by molar-refractivity contribution is 5.93. The van der Waals surface area contributed by atoms with Crippen molar-refractivity contribution in [2.24, 2.45) is 5.92 Å². The number of carbonyl (C=O) groups excluding carboxylic acids is 2. The van der Waals surface area contributed by atoms with Crippen molar-refractivity contribution in [3.05, 3.63) is 35.4 Å². The number of ether oxygens (including phenoxy) is 2. The summed E-state index contributed by atoms with van der Waals surface area (Å²) < 4.78 is 10.6. The van der Waals surface area contributed by atoms with Crippen LogP contribution in [0.25, 0.3) is 0 Å². The van der Waals surface area contributed by atoms with Crippen molar-refractivity contribution in [2.45, 2.75) is 78.6 Å². The Labute approximate surface area is 164 Å². The summed E-state index contributed by atoms with van der Waals surface area (Å²) in [7, 11) is 0. The van der Waals surface area contributed by atoms with E-state index in [0.717, 1.165) is 19.3 Å². The van der Waals surface area contributed by atoms with E-state index < -0.39 is 0 Å². The summed E-state index contributed by atoms with van der Waals surface area (Å²) in [5.41, 5.74) is 0.922. The minimum atomic E-state index is -0.353. The molecule has 0 bridgehead atoms. The third kappa shape index (κ3) is 10.2. The predicted octanol–water partition coefficient (Wildman–Crippen LogP) is 6.19. The first-order chi connectivity index (χ1) is 13.1. The molecule has 0 saturated carbocycles. The molecule has 152 valence electrons. The van der Waals surface area contributed by atoms with Crippen molar-refractivity contribution in [1.82, 2.24) is 0 Å². The molecule has 0 heterocycles. The van der Waals surface area contributed by atoms with Gasteiger partial charge in [-0.25, -0.2) is 9.59 Å². The van der Waals surface area contributed by atoms with Gasteiger partial charge in [-0.05, 0) is 36.6 Å². The van der Waals surface area contributed by atoms with Crippen molar-refractivity contribution in [3.8, 4) is 0 Å². The number of esters is 2. The Kier molecular flexibility index (Phi) is 12.2. The van der Waals surface area contributed by atoms with Crippen LogP contribution in [0.15, 0.2) is 24.3 Å². The normalized spacial score (nSPS) is 11.8. The molecule has 1 aromatic rings. The average Bonchev–Trinajstić information content (AvgIpc) is 2.70. The Morgan fingerprint density at radius 2 is 1.26 bits per heavy atom. The third-order valence-corrected chi connectivity index (χ3v) is 4.78. The molecule has 27 heavy (non-hydrogen) atoms. The maximum Gasteiger partial charge on any atom is 0.338 e. The fraction of sp³-hybridized carbons (Fsp3) is 0.652. The first kappa shape index (κ1) is 23.2. The molecule has 0 aliphatic heterocycles.